The van der Waals surface area contributed by atoms with Gasteiger partial charge in [0.1, 0.15) is 0 Å². The van der Waals surface area contributed by atoms with E-state index in [1.807, 2.05) is 0 Å². The van der Waals surface area contributed by atoms with Crippen molar-refractivity contribution in [3.8, 4) is 0 Å². The van der Waals surface area contributed by atoms with Gasteiger partial charge in [0.05, 0.1) is 0 Å². The minimum absolute atomic E-state index is 0.126. The standard InChI is InChI=1S/C12H19NO3/c1-12(2)6-5-10(14)13(9-7-12)8-3-4-11(15)16/h3-4H,5-9H2,1-2H3,(H,15,16)/b4-3+. The van der Waals surface area contributed by atoms with Crippen LogP contribution >= 0.6 is 0 Å². The van der Waals surface area contributed by atoms with E-state index in [9.17, 15) is 9.59 Å². The molecule has 1 amide bonds. The van der Waals surface area contributed by atoms with Crippen molar-refractivity contribution in [3.05, 3.63) is 12.2 Å². The molecular formula is C12H19NO3. The highest BCUT2D eigenvalue weighted by Gasteiger charge is 2.26. The minimum atomic E-state index is -0.970. The van der Waals surface area contributed by atoms with Crippen molar-refractivity contribution in [3.63, 3.8) is 0 Å². The average molecular weight is 225 g/mol. The topological polar surface area (TPSA) is 57.6 Å². The predicted octanol–water partition coefficient (Wildman–Crippen LogP) is 1.67. The zero-order valence-electron chi connectivity index (χ0n) is 9.90. The molecule has 0 bridgehead atoms. The maximum atomic E-state index is 11.7. The third kappa shape index (κ3) is 4.04. The number of likely N-dealkylation sites (tertiary alicyclic amines) is 1. The Labute approximate surface area is 95.9 Å². The monoisotopic (exact) mass is 225 g/mol. The first-order valence-corrected chi connectivity index (χ1v) is 5.58. The van der Waals surface area contributed by atoms with Crippen LogP contribution in [0, 0.1) is 5.41 Å². The Balaban J connectivity index is 2.53. The van der Waals surface area contributed by atoms with Crippen LogP contribution in [0.2, 0.25) is 0 Å². The van der Waals surface area contributed by atoms with Crippen LogP contribution < -0.4 is 0 Å². The zero-order chi connectivity index (χ0) is 12.2. The minimum Gasteiger partial charge on any atom is -0.478 e. The Morgan fingerprint density at radius 1 is 1.50 bits per heavy atom. The normalized spacial score (nSPS) is 21.1. The predicted molar refractivity (Wildman–Crippen MR) is 61.0 cm³/mol. The summed E-state index contributed by atoms with van der Waals surface area (Å²) in [7, 11) is 0. The van der Waals surface area contributed by atoms with Crippen LogP contribution in [0.25, 0.3) is 0 Å². The van der Waals surface area contributed by atoms with Gasteiger partial charge in [0.15, 0.2) is 0 Å². The van der Waals surface area contributed by atoms with Gasteiger partial charge >= 0.3 is 5.97 Å². The number of aliphatic carboxylic acids is 1. The lowest BCUT2D eigenvalue weighted by Crippen LogP contribution is -2.30. The highest BCUT2D eigenvalue weighted by Crippen LogP contribution is 2.30. The first kappa shape index (κ1) is 12.7. The largest absolute Gasteiger partial charge is 0.478 e. The van der Waals surface area contributed by atoms with Gasteiger partial charge in [-0.15, -0.1) is 0 Å². The smallest absolute Gasteiger partial charge is 0.328 e. The number of carbonyl (C=O) groups excluding carboxylic acids is 1. The Morgan fingerprint density at radius 3 is 2.81 bits per heavy atom. The van der Waals surface area contributed by atoms with Gasteiger partial charge in [-0.3, -0.25) is 4.79 Å². The van der Waals surface area contributed by atoms with Crippen molar-refractivity contribution < 1.29 is 14.7 Å². The molecule has 0 saturated carbocycles. The lowest BCUT2D eigenvalue weighted by atomic mass is 9.85. The van der Waals surface area contributed by atoms with Crippen LogP contribution in [-0.4, -0.2) is 35.0 Å². The van der Waals surface area contributed by atoms with Gasteiger partial charge in [-0.25, -0.2) is 4.79 Å². The van der Waals surface area contributed by atoms with Gasteiger partial charge in [0.25, 0.3) is 0 Å². The molecule has 1 saturated heterocycles. The fraction of sp³-hybridized carbons (Fsp3) is 0.667. The molecule has 0 aromatic heterocycles. The lowest BCUT2D eigenvalue weighted by Gasteiger charge is -2.22. The second kappa shape index (κ2) is 5.14. The number of hydrogen-bond acceptors (Lipinski definition) is 2. The van der Waals surface area contributed by atoms with E-state index in [2.05, 4.69) is 13.8 Å². The third-order valence-corrected chi connectivity index (χ3v) is 3.01. The van der Waals surface area contributed by atoms with Crippen LogP contribution in [0.5, 0.6) is 0 Å². The molecule has 0 atom stereocenters. The number of hydrogen-bond donors (Lipinski definition) is 1. The first-order valence-electron chi connectivity index (χ1n) is 5.58. The highest BCUT2D eigenvalue weighted by atomic mass is 16.4. The van der Waals surface area contributed by atoms with Crippen molar-refractivity contribution in [1.29, 1.82) is 0 Å². The van der Waals surface area contributed by atoms with Gasteiger partial charge < -0.3 is 10.0 Å². The van der Waals surface area contributed by atoms with Gasteiger partial charge in [-0.05, 0) is 18.3 Å². The fourth-order valence-corrected chi connectivity index (χ4v) is 1.76. The van der Waals surface area contributed by atoms with E-state index in [4.69, 9.17) is 5.11 Å². The second-order valence-electron chi connectivity index (χ2n) is 4.99. The van der Waals surface area contributed by atoms with Crippen LogP contribution in [0.4, 0.5) is 0 Å². The van der Waals surface area contributed by atoms with Crippen molar-refractivity contribution in [2.24, 2.45) is 5.41 Å². The summed E-state index contributed by atoms with van der Waals surface area (Å²) in [5.41, 5.74) is 0.209. The molecule has 16 heavy (non-hydrogen) atoms. The molecule has 90 valence electrons. The van der Waals surface area contributed by atoms with Crippen LogP contribution in [0.15, 0.2) is 12.2 Å². The number of amides is 1. The Morgan fingerprint density at radius 2 is 2.19 bits per heavy atom. The molecule has 1 aliphatic heterocycles. The van der Waals surface area contributed by atoms with Crippen molar-refractivity contribution in [1.82, 2.24) is 4.90 Å². The summed E-state index contributed by atoms with van der Waals surface area (Å²) >= 11 is 0. The van der Waals surface area contributed by atoms with E-state index in [-0.39, 0.29) is 11.3 Å². The maximum Gasteiger partial charge on any atom is 0.328 e. The molecule has 4 heteroatoms. The fourth-order valence-electron chi connectivity index (χ4n) is 1.76. The van der Waals surface area contributed by atoms with Gasteiger partial charge in [0, 0.05) is 25.6 Å². The molecule has 0 radical (unpaired) electrons. The molecule has 1 heterocycles. The van der Waals surface area contributed by atoms with E-state index in [0.29, 0.717) is 13.0 Å². The molecule has 0 spiro atoms. The van der Waals surface area contributed by atoms with E-state index in [1.165, 1.54) is 6.08 Å². The Hall–Kier alpha value is -1.32. The molecule has 0 aromatic rings. The SMILES string of the molecule is CC1(C)CCC(=O)N(C/C=C/C(=O)O)CC1. The van der Waals surface area contributed by atoms with Gasteiger partial charge in [0.2, 0.25) is 5.91 Å². The van der Waals surface area contributed by atoms with Gasteiger partial charge in [-0.2, -0.15) is 0 Å². The highest BCUT2D eigenvalue weighted by molar-refractivity contribution is 5.80. The van der Waals surface area contributed by atoms with E-state index < -0.39 is 5.97 Å². The molecule has 0 aliphatic carbocycles. The van der Waals surface area contributed by atoms with Crippen LogP contribution in [0.1, 0.15) is 33.1 Å². The van der Waals surface area contributed by atoms with Crippen molar-refractivity contribution in [2.75, 3.05) is 13.1 Å². The third-order valence-electron chi connectivity index (χ3n) is 3.01. The van der Waals surface area contributed by atoms with E-state index in [0.717, 1.165) is 25.5 Å². The zero-order valence-corrected chi connectivity index (χ0v) is 9.90. The number of carboxylic acids is 1. The Bertz CT molecular complexity index is 307. The average Bonchev–Trinajstić information content (AvgIpc) is 2.30. The van der Waals surface area contributed by atoms with Crippen LogP contribution in [0.3, 0.4) is 0 Å². The second-order valence-corrected chi connectivity index (χ2v) is 4.99. The molecule has 4 nitrogen and oxygen atoms in total. The molecule has 1 rings (SSSR count). The van der Waals surface area contributed by atoms with Crippen LogP contribution in [-0.2, 0) is 9.59 Å². The summed E-state index contributed by atoms with van der Waals surface area (Å²) in [4.78, 5) is 23.8. The lowest BCUT2D eigenvalue weighted by molar-refractivity contribution is -0.132. The van der Waals surface area contributed by atoms with E-state index in [1.54, 1.807) is 4.90 Å². The molecule has 1 N–H and O–H groups in total. The molecule has 1 fully saturated rings. The maximum absolute atomic E-state index is 11.7. The van der Waals surface area contributed by atoms with Crippen molar-refractivity contribution in [2.45, 2.75) is 33.1 Å². The summed E-state index contributed by atoms with van der Waals surface area (Å²) in [6.45, 7) is 5.45. The molecule has 0 aromatic carbocycles. The summed E-state index contributed by atoms with van der Waals surface area (Å²) in [6.07, 6.45) is 5.06. The summed E-state index contributed by atoms with van der Waals surface area (Å²) in [5, 5.41) is 8.46. The number of carbonyl (C=O) groups is 2. The Kier molecular flexibility index (Phi) is 4.10. The van der Waals surface area contributed by atoms with Gasteiger partial charge in [-0.1, -0.05) is 19.9 Å². The number of nitrogens with zero attached hydrogens (tertiary/aromatic N) is 1. The number of rotatable bonds is 3. The summed E-state index contributed by atoms with van der Waals surface area (Å²) < 4.78 is 0. The number of carboxylic acid groups (broad SMARTS) is 1. The summed E-state index contributed by atoms with van der Waals surface area (Å²) in [6, 6.07) is 0. The molecule has 0 unspecified atom stereocenters. The van der Waals surface area contributed by atoms with E-state index >= 15 is 0 Å². The first-order chi connectivity index (χ1) is 7.41. The molecular weight excluding hydrogens is 206 g/mol. The quantitative estimate of drug-likeness (QED) is 0.743. The summed E-state index contributed by atoms with van der Waals surface area (Å²) in [5.74, 6) is -0.844. The molecule has 1 aliphatic rings. The van der Waals surface area contributed by atoms with Crippen molar-refractivity contribution >= 4 is 11.9 Å².